The molecule has 150 valence electrons. The fraction of sp³-hybridized carbons (Fsp3) is 0.444. The van der Waals surface area contributed by atoms with Crippen LogP contribution in [0.3, 0.4) is 0 Å². The van der Waals surface area contributed by atoms with E-state index in [0.717, 1.165) is 18.3 Å². The number of aliphatic hydroxyl groups is 1. The Morgan fingerprint density at radius 3 is 2.63 bits per heavy atom. The summed E-state index contributed by atoms with van der Waals surface area (Å²) < 4.78 is 41.7. The molecule has 7 nitrogen and oxygen atoms in total. The van der Waals surface area contributed by atoms with Crippen molar-refractivity contribution in [2.75, 3.05) is 34.0 Å². The van der Waals surface area contributed by atoms with E-state index in [1.54, 1.807) is 6.92 Å². The first-order chi connectivity index (χ1) is 12.9. The molecule has 2 N–H and O–H groups in total. The average molecular weight is 386 g/mol. The van der Waals surface area contributed by atoms with E-state index in [4.69, 9.17) is 14.2 Å². The summed E-state index contributed by atoms with van der Waals surface area (Å²) in [7, 11) is 2.88. The van der Waals surface area contributed by atoms with E-state index in [1.165, 1.54) is 20.3 Å². The van der Waals surface area contributed by atoms with E-state index in [2.05, 4.69) is 10.3 Å². The van der Waals surface area contributed by atoms with Gasteiger partial charge in [-0.3, -0.25) is 9.79 Å². The zero-order chi connectivity index (χ0) is 20.2. The number of hydrogen-bond donors (Lipinski definition) is 2. The molecule has 1 aromatic carbocycles. The van der Waals surface area contributed by atoms with Crippen LogP contribution in [-0.4, -0.2) is 57.5 Å². The first-order valence-corrected chi connectivity index (χ1v) is 8.20. The highest BCUT2D eigenvalue weighted by Gasteiger charge is 2.15. The number of rotatable bonds is 11. The van der Waals surface area contributed by atoms with Crippen LogP contribution in [0.15, 0.2) is 34.5 Å². The highest BCUT2D eigenvalue weighted by atomic mass is 19.1. The Kier molecular flexibility index (Phi) is 10.2. The third-order valence-corrected chi connectivity index (χ3v) is 3.45. The number of aliphatic hydroxyl groups excluding tert-OH is 1. The highest BCUT2D eigenvalue weighted by molar-refractivity contribution is 6.12. The molecule has 0 aliphatic carbocycles. The SMILES string of the molecule is CCOC/C(O)=C(\C=NCC(OC)OC)C(=O)NCc1ccc(F)cc1F. The third-order valence-electron chi connectivity index (χ3n) is 3.45. The maximum atomic E-state index is 13.7. The van der Waals surface area contributed by atoms with Crippen molar-refractivity contribution in [1.29, 1.82) is 0 Å². The number of benzene rings is 1. The summed E-state index contributed by atoms with van der Waals surface area (Å²) in [6.45, 7) is 1.79. The molecule has 0 spiro atoms. The van der Waals surface area contributed by atoms with Crippen molar-refractivity contribution < 1.29 is 32.9 Å². The van der Waals surface area contributed by atoms with E-state index in [1.807, 2.05) is 0 Å². The van der Waals surface area contributed by atoms with Crippen LogP contribution in [0.25, 0.3) is 0 Å². The molecule has 0 radical (unpaired) electrons. The fourth-order valence-electron chi connectivity index (χ4n) is 1.95. The number of aliphatic imine (C=N–C) groups is 1. The van der Waals surface area contributed by atoms with E-state index < -0.39 is 23.8 Å². The number of carbonyl (C=O) groups is 1. The van der Waals surface area contributed by atoms with Gasteiger partial charge in [-0.05, 0) is 13.0 Å². The predicted octanol–water partition coefficient (Wildman–Crippen LogP) is 2.12. The van der Waals surface area contributed by atoms with Crippen molar-refractivity contribution in [2.45, 2.75) is 19.8 Å². The first-order valence-electron chi connectivity index (χ1n) is 8.20. The van der Waals surface area contributed by atoms with E-state index in [9.17, 15) is 18.7 Å². The maximum Gasteiger partial charge on any atom is 0.256 e. The first kappa shape index (κ1) is 22.7. The van der Waals surface area contributed by atoms with Gasteiger partial charge in [0.2, 0.25) is 0 Å². The summed E-state index contributed by atoms with van der Waals surface area (Å²) in [4.78, 5) is 16.4. The zero-order valence-electron chi connectivity index (χ0n) is 15.5. The number of nitrogens with zero attached hydrogens (tertiary/aromatic N) is 1. The molecule has 0 unspecified atom stereocenters. The molecule has 0 aromatic heterocycles. The molecule has 9 heteroatoms. The summed E-state index contributed by atoms with van der Waals surface area (Å²) in [5.74, 6) is -2.51. The molecule has 0 bridgehead atoms. The van der Waals surface area contributed by atoms with Crippen LogP contribution >= 0.6 is 0 Å². The molecule has 1 rings (SSSR count). The molecule has 1 aromatic rings. The minimum atomic E-state index is -0.781. The number of hydrogen-bond acceptors (Lipinski definition) is 6. The standard InChI is InChI=1S/C18H24F2N2O5/c1-4-27-11-16(23)14(9-21-10-17(25-2)26-3)18(24)22-8-12-5-6-13(19)7-15(12)20/h5-7,9,17,23H,4,8,10-11H2,1-3H3,(H,22,24)/b16-14-,21-9?. The molecule has 0 saturated heterocycles. The fourth-order valence-corrected chi connectivity index (χ4v) is 1.95. The number of halogens is 2. The monoisotopic (exact) mass is 386 g/mol. The number of ether oxygens (including phenoxy) is 3. The van der Waals surface area contributed by atoms with Crippen LogP contribution in [0, 0.1) is 11.6 Å². The molecule has 0 atom stereocenters. The molecular formula is C18H24F2N2O5. The van der Waals surface area contributed by atoms with E-state index >= 15 is 0 Å². The summed E-state index contributed by atoms with van der Waals surface area (Å²) in [6, 6.07) is 3.04. The molecule has 0 aliphatic rings. The highest BCUT2D eigenvalue weighted by Crippen LogP contribution is 2.10. The third kappa shape index (κ3) is 7.81. The Hall–Kier alpha value is -2.36. The number of nitrogens with one attached hydrogen (secondary N) is 1. The lowest BCUT2D eigenvalue weighted by Crippen LogP contribution is -2.27. The molecule has 0 fully saturated rings. The van der Waals surface area contributed by atoms with Crippen molar-refractivity contribution in [3.8, 4) is 0 Å². The summed E-state index contributed by atoms with van der Waals surface area (Å²) in [5.41, 5.74) is -0.0407. The lowest BCUT2D eigenvalue weighted by atomic mass is 10.2. The quantitative estimate of drug-likeness (QED) is 0.263. The van der Waals surface area contributed by atoms with E-state index in [0.29, 0.717) is 6.61 Å². The lowest BCUT2D eigenvalue weighted by molar-refractivity contribution is -0.117. The van der Waals surface area contributed by atoms with Gasteiger partial charge < -0.3 is 24.6 Å². The van der Waals surface area contributed by atoms with Gasteiger partial charge in [0.15, 0.2) is 6.29 Å². The van der Waals surface area contributed by atoms with Crippen molar-refractivity contribution >= 4 is 12.1 Å². The Balaban J connectivity index is 2.87. The molecule has 1 amide bonds. The zero-order valence-corrected chi connectivity index (χ0v) is 15.5. The largest absolute Gasteiger partial charge is 0.509 e. The van der Waals surface area contributed by atoms with Gasteiger partial charge in [0, 0.05) is 45.2 Å². The second kappa shape index (κ2) is 12.1. The van der Waals surface area contributed by atoms with Gasteiger partial charge in [-0.15, -0.1) is 0 Å². The Morgan fingerprint density at radius 2 is 2.04 bits per heavy atom. The van der Waals surface area contributed by atoms with Gasteiger partial charge in [-0.25, -0.2) is 8.78 Å². The minimum absolute atomic E-state index is 0.0955. The Labute approximate surface area is 156 Å². The maximum absolute atomic E-state index is 13.7. The van der Waals surface area contributed by atoms with Gasteiger partial charge in [-0.2, -0.15) is 0 Å². The summed E-state index contributed by atoms with van der Waals surface area (Å²) in [5, 5.41) is 12.5. The van der Waals surface area contributed by atoms with Crippen molar-refractivity contribution in [1.82, 2.24) is 5.32 Å². The van der Waals surface area contributed by atoms with Gasteiger partial charge >= 0.3 is 0 Å². The summed E-state index contributed by atoms with van der Waals surface area (Å²) in [6.07, 6.45) is 0.559. The minimum Gasteiger partial charge on any atom is -0.509 e. The Morgan fingerprint density at radius 1 is 1.33 bits per heavy atom. The van der Waals surface area contributed by atoms with Crippen LogP contribution < -0.4 is 5.32 Å². The van der Waals surface area contributed by atoms with Crippen LogP contribution in [0.5, 0.6) is 0 Å². The molecule has 0 heterocycles. The summed E-state index contributed by atoms with van der Waals surface area (Å²) >= 11 is 0. The molecule has 0 aliphatic heterocycles. The van der Waals surface area contributed by atoms with Crippen LogP contribution in [0.2, 0.25) is 0 Å². The van der Waals surface area contributed by atoms with Gasteiger partial charge in [0.1, 0.15) is 24.0 Å². The smallest absolute Gasteiger partial charge is 0.256 e. The van der Waals surface area contributed by atoms with Crippen molar-refractivity contribution in [2.24, 2.45) is 4.99 Å². The second-order valence-corrected chi connectivity index (χ2v) is 5.31. The van der Waals surface area contributed by atoms with Crippen LogP contribution in [0.1, 0.15) is 12.5 Å². The lowest BCUT2D eigenvalue weighted by Gasteiger charge is -2.11. The topological polar surface area (TPSA) is 89.4 Å². The van der Waals surface area contributed by atoms with E-state index in [-0.39, 0.29) is 36.6 Å². The number of methoxy groups -OCH3 is 2. The predicted molar refractivity (Wildman–Crippen MR) is 95.5 cm³/mol. The van der Waals surface area contributed by atoms with Gasteiger partial charge in [-0.1, -0.05) is 6.07 Å². The average Bonchev–Trinajstić information content (AvgIpc) is 2.65. The second-order valence-electron chi connectivity index (χ2n) is 5.31. The van der Waals surface area contributed by atoms with Crippen LogP contribution in [-0.2, 0) is 25.5 Å². The molecule has 27 heavy (non-hydrogen) atoms. The van der Waals surface area contributed by atoms with Crippen LogP contribution in [0.4, 0.5) is 8.78 Å². The van der Waals surface area contributed by atoms with Crippen molar-refractivity contribution in [3.63, 3.8) is 0 Å². The Bertz CT molecular complexity index is 676. The molecular weight excluding hydrogens is 362 g/mol. The number of carbonyl (C=O) groups excluding carboxylic acids is 1. The van der Waals surface area contributed by atoms with Gasteiger partial charge in [0.05, 0.1) is 12.1 Å². The number of amides is 1. The van der Waals surface area contributed by atoms with Gasteiger partial charge in [0.25, 0.3) is 5.91 Å². The molecule has 0 saturated carbocycles. The normalized spacial score (nSPS) is 12.5. The van der Waals surface area contributed by atoms with Crippen molar-refractivity contribution in [3.05, 3.63) is 46.7 Å².